The van der Waals surface area contributed by atoms with E-state index in [0.29, 0.717) is 17.7 Å². The summed E-state index contributed by atoms with van der Waals surface area (Å²) in [5, 5.41) is 18.7. The third-order valence-corrected chi connectivity index (χ3v) is 5.98. The average molecular weight is 417 g/mol. The zero-order chi connectivity index (χ0) is 20.8. The van der Waals surface area contributed by atoms with Crippen LogP contribution in [0.1, 0.15) is 30.4 Å². The Bertz CT molecular complexity index is 1050. The minimum atomic E-state index is -4.72. The smallest absolute Gasteiger partial charge is 0.417 e. The molecular formula is C20H14F3N3O2S. The molecule has 1 aliphatic heterocycles. The fraction of sp³-hybridized carbons (Fsp3) is 0.250. The van der Waals surface area contributed by atoms with E-state index in [1.807, 2.05) is 0 Å². The van der Waals surface area contributed by atoms with Crippen molar-refractivity contribution in [1.82, 2.24) is 0 Å². The maximum absolute atomic E-state index is 13.4. The second-order valence-electron chi connectivity index (χ2n) is 6.86. The molecule has 0 aromatic heterocycles. The number of nitriles is 1. The largest absolute Gasteiger partial charge is 0.508 e. The normalized spacial score (nSPS) is 17.8. The van der Waals surface area contributed by atoms with Crippen molar-refractivity contribution < 1.29 is 23.1 Å². The molecule has 1 N–H and O–H groups in total. The van der Waals surface area contributed by atoms with E-state index in [1.165, 1.54) is 23.1 Å². The van der Waals surface area contributed by atoms with Crippen LogP contribution in [-0.4, -0.2) is 21.7 Å². The van der Waals surface area contributed by atoms with Gasteiger partial charge in [-0.15, -0.1) is 0 Å². The van der Waals surface area contributed by atoms with Crippen molar-refractivity contribution in [1.29, 1.82) is 5.26 Å². The Hall–Kier alpha value is -2.99. The van der Waals surface area contributed by atoms with E-state index in [9.17, 15) is 23.1 Å². The minimum Gasteiger partial charge on any atom is -0.508 e. The molecule has 148 valence electrons. The predicted molar refractivity (Wildman–Crippen MR) is 102 cm³/mol. The highest BCUT2D eigenvalue weighted by Gasteiger charge is 2.53. The number of hydrogen-bond acceptors (Lipinski definition) is 5. The number of halogens is 3. The number of aromatic hydroxyl groups is 1. The minimum absolute atomic E-state index is 0.0233. The molecule has 1 saturated carbocycles. The van der Waals surface area contributed by atoms with Crippen molar-refractivity contribution in [3.8, 4) is 11.8 Å². The van der Waals surface area contributed by atoms with E-state index in [2.05, 4.69) is 4.99 Å². The summed E-state index contributed by atoms with van der Waals surface area (Å²) in [4.78, 5) is 19.5. The van der Waals surface area contributed by atoms with Gasteiger partial charge in [-0.3, -0.25) is 9.69 Å². The third kappa shape index (κ3) is 3.34. The molecule has 5 nitrogen and oxygen atoms in total. The number of phenols is 1. The topological polar surface area (TPSA) is 76.7 Å². The zero-order valence-electron chi connectivity index (χ0n) is 14.9. The first-order chi connectivity index (χ1) is 13.7. The van der Waals surface area contributed by atoms with Crippen molar-refractivity contribution >= 4 is 28.5 Å². The number of rotatable bonds is 2. The summed E-state index contributed by atoms with van der Waals surface area (Å²) in [5.74, 6) is -0.282. The molecule has 1 aliphatic carbocycles. The lowest BCUT2D eigenvalue weighted by Gasteiger charge is -2.33. The number of amides is 1. The molecule has 4 rings (SSSR count). The van der Waals surface area contributed by atoms with E-state index in [1.54, 1.807) is 18.2 Å². The highest BCUT2D eigenvalue weighted by molar-refractivity contribution is 8.14. The maximum Gasteiger partial charge on any atom is 0.417 e. The molecule has 0 bridgehead atoms. The predicted octanol–water partition coefficient (Wildman–Crippen LogP) is 4.70. The molecule has 0 unspecified atom stereocenters. The molecule has 1 fully saturated rings. The standard InChI is InChI=1S/C20H14F3N3O2S/c21-20(22,23)16-10-13(3-2-12(16)11-24)26-17(28)19(8-1-9-19)25-18(26)29-15-6-4-14(27)5-7-15/h2-7,10,27H,1,8-9H2. The Labute approximate surface area is 168 Å². The van der Waals surface area contributed by atoms with Crippen LogP contribution in [0.2, 0.25) is 0 Å². The lowest BCUT2D eigenvalue weighted by Crippen LogP contribution is -2.47. The molecule has 29 heavy (non-hydrogen) atoms. The summed E-state index contributed by atoms with van der Waals surface area (Å²) >= 11 is 1.14. The molecule has 9 heteroatoms. The molecule has 1 heterocycles. The number of carbonyl (C=O) groups is 1. The van der Waals surface area contributed by atoms with E-state index in [-0.39, 0.29) is 22.5 Å². The number of hydrogen-bond donors (Lipinski definition) is 1. The van der Waals surface area contributed by atoms with E-state index in [0.717, 1.165) is 30.3 Å². The first-order valence-electron chi connectivity index (χ1n) is 8.76. The molecule has 0 radical (unpaired) electrons. The van der Waals surface area contributed by atoms with Gasteiger partial charge >= 0.3 is 6.18 Å². The van der Waals surface area contributed by atoms with Crippen LogP contribution in [0, 0.1) is 11.3 Å². The van der Waals surface area contributed by atoms with Crippen LogP contribution >= 0.6 is 11.8 Å². The Morgan fingerprint density at radius 2 is 1.86 bits per heavy atom. The van der Waals surface area contributed by atoms with Gasteiger partial charge in [0.15, 0.2) is 5.17 Å². The summed E-state index contributed by atoms with van der Waals surface area (Å²) in [6.07, 6.45) is -2.81. The summed E-state index contributed by atoms with van der Waals surface area (Å²) in [6.45, 7) is 0. The van der Waals surface area contributed by atoms with Gasteiger partial charge in [-0.25, -0.2) is 4.99 Å². The number of nitrogens with zero attached hydrogens (tertiary/aromatic N) is 3. The molecule has 1 amide bonds. The van der Waals surface area contributed by atoms with Gasteiger partial charge in [0, 0.05) is 4.90 Å². The quantitative estimate of drug-likeness (QED) is 0.769. The number of aliphatic imine (C=N–C) groups is 1. The van der Waals surface area contributed by atoms with Gasteiger partial charge in [0.25, 0.3) is 5.91 Å². The van der Waals surface area contributed by atoms with Gasteiger partial charge in [0.05, 0.1) is 22.9 Å². The van der Waals surface area contributed by atoms with E-state index < -0.39 is 22.8 Å². The Kier molecular flexibility index (Phi) is 4.54. The maximum atomic E-state index is 13.4. The first-order valence-corrected chi connectivity index (χ1v) is 9.58. The highest BCUT2D eigenvalue weighted by Crippen LogP contribution is 2.46. The highest BCUT2D eigenvalue weighted by atomic mass is 32.2. The third-order valence-electron chi connectivity index (χ3n) is 5.02. The molecule has 0 atom stereocenters. The number of amidine groups is 1. The van der Waals surface area contributed by atoms with Gasteiger partial charge in [0.2, 0.25) is 0 Å². The van der Waals surface area contributed by atoms with Crippen molar-refractivity contribution in [2.24, 2.45) is 4.99 Å². The second-order valence-corrected chi connectivity index (χ2v) is 7.90. The van der Waals surface area contributed by atoms with Gasteiger partial charge < -0.3 is 5.11 Å². The first kappa shape index (κ1) is 19.3. The van der Waals surface area contributed by atoms with E-state index >= 15 is 0 Å². The monoisotopic (exact) mass is 417 g/mol. The average Bonchev–Trinajstić information content (AvgIpc) is 2.95. The molecule has 2 aromatic rings. The Morgan fingerprint density at radius 3 is 2.41 bits per heavy atom. The summed E-state index contributed by atoms with van der Waals surface area (Å²) in [5.41, 5.74) is -2.49. The van der Waals surface area contributed by atoms with Crippen LogP contribution < -0.4 is 4.90 Å². The fourth-order valence-electron chi connectivity index (χ4n) is 3.33. The van der Waals surface area contributed by atoms with Gasteiger partial charge in [-0.2, -0.15) is 18.4 Å². The number of benzene rings is 2. The van der Waals surface area contributed by atoms with Crippen molar-refractivity contribution in [3.05, 3.63) is 53.6 Å². The SMILES string of the molecule is N#Cc1ccc(N2C(=O)C3(CCC3)N=C2Sc2ccc(O)cc2)cc1C(F)(F)F. The van der Waals surface area contributed by atoms with Gasteiger partial charge in [-0.1, -0.05) is 11.8 Å². The van der Waals surface area contributed by atoms with Crippen molar-refractivity contribution in [2.45, 2.75) is 35.9 Å². The molecule has 2 aliphatic rings. The fourth-order valence-corrected chi connectivity index (χ4v) is 4.32. The lowest BCUT2D eigenvalue weighted by molar-refractivity contribution is -0.137. The Morgan fingerprint density at radius 1 is 1.17 bits per heavy atom. The number of alkyl halides is 3. The van der Waals surface area contributed by atoms with Crippen molar-refractivity contribution in [2.75, 3.05) is 4.90 Å². The van der Waals surface area contributed by atoms with Crippen LogP contribution in [0.4, 0.5) is 18.9 Å². The van der Waals surface area contributed by atoms with Gasteiger partial charge in [0.1, 0.15) is 11.3 Å². The van der Waals surface area contributed by atoms with Crippen LogP contribution in [0.25, 0.3) is 0 Å². The summed E-state index contributed by atoms with van der Waals surface area (Å²) in [6, 6.07) is 11.0. The lowest BCUT2D eigenvalue weighted by atomic mass is 9.77. The van der Waals surface area contributed by atoms with Crippen molar-refractivity contribution in [3.63, 3.8) is 0 Å². The van der Waals surface area contributed by atoms with E-state index in [4.69, 9.17) is 5.26 Å². The van der Waals surface area contributed by atoms with Crippen LogP contribution in [-0.2, 0) is 11.0 Å². The molecule has 0 saturated heterocycles. The summed E-state index contributed by atoms with van der Waals surface area (Å²) in [7, 11) is 0. The zero-order valence-corrected chi connectivity index (χ0v) is 15.7. The van der Waals surface area contributed by atoms with Gasteiger partial charge in [-0.05, 0) is 61.7 Å². The van der Waals surface area contributed by atoms with Crippen LogP contribution in [0.5, 0.6) is 5.75 Å². The second kappa shape index (κ2) is 6.81. The Balaban J connectivity index is 1.76. The number of thioether (sulfide) groups is 1. The molecule has 2 aromatic carbocycles. The number of phenolic OH excluding ortho intramolecular Hbond substituents is 1. The molecular weight excluding hydrogens is 403 g/mol. The number of carbonyl (C=O) groups excluding carboxylic acids is 1. The molecule has 1 spiro atoms. The summed E-state index contributed by atoms with van der Waals surface area (Å²) < 4.78 is 40.2. The van der Waals surface area contributed by atoms with Crippen LogP contribution in [0.15, 0.2) is 52.4 Å². The number of anilines is 1. The van der Waals surface area contributed by atoms with Crippen LogP contribution in [0.3, 0.4) is 0 Å².